The summed E-state index contributed by atoms with van der Waals surface area (Å²) in [6.45, 7) is 5.34. The summed E-state index contributed by atoms with van der Waals surface area (Å²) in [7, 11) is 0. The standard InChI is InChI=1S/2C8H5F4O.2C3H7O.Zr/c2*1-3-5(9)7(11)4(2-13)8(12)6(3)10;2*1-3(2)4;/h2*2H2,1H3;2*3H,1-2H3;/q4*-1;+4. The predicted octanol–water partition coefficient (Wildman–Crippen LogP) is 6.81. The van der Waals surface area contributed by atoms with Crippen LogP contribution >= 0.6 is 0 Å². The van der Waals surface area contributed by atoms with Crippen molar-refractivity contribution >= 4 is 0 Å². The van der Waals surface area contributed by atoms with Gasteiger partial charge < -0.3 is 0 Å². The fourth-order valence-corrected chi connectivity index (χ4v) is 8.36. The molecule has 0 bridgehead atoms. The van der Waals surface area contributed by atoms with Crippen molar-refractivity contribution in [3.63, 3.8) is 0 Å². The molecule has 4 nitrogen and oxygen atoms in total. The van der Waals surface area contributed by atoms with Gasteiger partial charge in [0.25, 0.3) is 0 Å². The Morgan fingerprint density at radius 3 is 1.00 bits per heavy atom. The van der Waals surface area contributed by atoms with Crippen LogP contribution in [-0.4, -0.2) is 12.2 Å². The predicted molar refractivity (Wildman–Crippen MR) is 104 cm³/mol. The fourth-order valence-electron chi connectivity index (χ4n) is 2.93. The van der Waals surface area contributed by atoms with E-state index in [1.54, 1.807) is 0 Å². The summed E-state index contributed by atoms with van der Waals surface area (Å²) in [5, 5.41) is 0. The van der Waals surface area contributed by atoms with Gasteiger partial charge in [-0.2, -0.15) is 0 Å². The van der Waals surface area contributed by atoms with Crippen molar-refractivity contribution in [3.8, 4) is 0 Å². The minimum absolute atomic E-state index is 0.730. The van der Waals surface area contributed by atoms with Gasteiger partial charge in [0.1, 0.15) is 0 Å². The molecule has 0 fully saturated rings. The first-order valence-electron chi connectivity index (χ1n) is 10.4. The van der Waals surface area contributed by atoms with Crippen molar-refractivity contribution in [3.05, 3.63) is 68.8 Å². The Morgan fingerprint density at radius 2 is 0.771 bits per heavy atom. The molecule has 0 saturated carbocycles. The van der Waals surface area contributed by atoms with Crippen molar-refractivity contribution in [1.29, 1.82) is 0 Å². The van der Waals surface area contributed by atoms with E-state index in [0.717, 1.165) is 13.8 Å². The Hall–Kier alpha value is -1.40. The summed E-state index contributed by atoms with van der Waals surface area (Å²) in [6.07, 6.45) is -1.46. The molecule has 35 heavy (non-hydrogen) atoms. The summed E-state index contributed by atoms with van der Waals surface area (Å²) in [4.78, 5) is 0. The number of halogens is 8. The van der Waals surface area contributed by atoms with E-state index in [1.165, 1.54) is 27.7 Å². The zero-order valence-electron chi connectivity index (χ0n) is 19.7. The molecule has 2 aromatic rings. The van der Waals surface area contributed by atoms with Gasteiger partial charge in [-0.05, 0) is 0 Å². The van der Waals surface area contributed by atoms with Crippen LogP contribution in [0.15, 0.2) is 0 Å². The minimum atomic E-state index is -5.59. The van der Waals surface area contributed by atoms with E-state index in [2.05, 4.69) is 0 Å². The molecule has 0 saturated heterocycles. The molecule has 0 aliphatic rings. The van der Waals surface area contributed by atoms with E-state index in [-0.39, 0.29) is 0 Å². The van der Waals surface area contributed by atoms with Gasteiger partial charge in [-0.1, -0.05) is 0 Å². The van der Waals surface area contributed by atoms with Crippen LogP contribution in [-0.2, 0) is 46.5 Å². The maximum absolute atomic E-state index is 14.3. The normalized spacial score (nSPS) is 12.3. The molecule has 0 aliphatic heterocycles. The van der Waals surface area contributed by atoms with E-state index >= 15 is 0 Å². The molecule has 0 heterocycles. The summed E-state index contributed by atoms with van der Waals surface area (Å²) in [6, 6.07) is 0. The molecule has 0 aliphatic carbocycles. The number of hydrogen-bond acceptors (Lipinski definition) is 4. The van der Waals surface area contributed by atoms with E-state index < -0.39 is 116 Å². The molecular weight excluding hydrogens is 571 g/mol. The first-order chi connectivity index (χ1) is 16.1. The average Bonchev–Trinajstić information content (AvgIpc) is 2.78. The van der Waals surface area contributed by atoms with Crippen LogP contribution in [0.5, 0.6) is 0 Å². The third-order valence-electron chi connectivity index (χ3n) is 4.69. The van der Waals surface area contributed by atoms with E-state index in [0.29, 0.717) is 0 Å². The second-order valence-corrected chi connectivity index (χ2v) is 13.2. The van der Waals surface area contributed by atoms with Crippen LogP contribution in [0.1, 0.15) is 49.9 Å². The van der Waals surface area contributed by atoms with Crippen LogP contribution in [0.25, 0.3) is 0 Å². The van der Waals surface area contributed by atoms with Gasteiger partial charge in [-0.25, -0.2) is 0 Å². The topological polar surface area (TPSA) is 36.9 Å². The SMILES string of the molecule is Cc1c(F)c(F)c(C[O][Zr]([O]Cc2c(F)c(F)c(C)c(F)c2F)([O]C(C)C)[O]C(C)C)c(F)c1F. The van der Waals surface area contributed by atoms with Gasteiger partial charge in [0.05, 0.1) is 0 Å². The third-order valence-corrected chi connectivity index (χ3v) is 10.9. The van der Waals surface area contributed by atoms with Crippen LogP contribution in [0.2, 0.25) is 0 Å². The maximum atomic E-state index is 14.3. The molecule has 0 atom stereocenters. The molecule has 196 valence electrons. The summed E-state index contributed by atoms with van der Waals surface area (Å²) in [5.41, 5.74) is -4.05. The Morgan fingerprint density at radius 1 is 0.514 bits per heavy atom. The quantitative estimate of drug-likeness (QED) is 0.223. The average molecular weight is 596 g/mol. The molecule has 0 aromatic heterocycles. The molecule has 0 amide bonds. The molecular formula is C22H24F8O4Zr. The second-order valence-electron chi connectivity index (χ2n) is 8.13. The molecule has 2 aromatic carbocycles. The van der Waals surface area contributed by atoms with Crippen LogP contribution in [0.4, 0.5) is 35.1 Å². The summed E-state index contributed by atoms with van der Waals surface area (Å²) >= 11 is -5.59. The zero-order valence-corrected chi connectivity index (χ0v) is 22.2. The van der Waals surface area contributed by atoms with Gasteiger partial charge in [0.2, 0.25) is 0 Å². The fraction of sp³-hybridized carbons (Fsp3) is 0.455. The monoisotopic (exact) mass is 594 g/mol. The van der Waals surface area contributed by atoms with Crippen LogP contribution in [0.3, 0.4) is 0 Å². The van der Waals surface area contributed by atoms with Gasteiger partial charge in [0, 0.05) is 0 Å². The van der Waals surface area contributed by atoms with Gasteiger partial charge in [0.15, 0.2) is 0 Å². The zero-order chi connectivity index (χ0) is 26.8. The van der Waals surface area contributed by atoms with Crippen LogP contribution < -0.4 is 0 Å². The number of rotatable bonds is 10. The third kappa shape index (κ3) is 6.49. The second kappa shape index (κ2) is 11.8. The van der Waals surface area contributed by atoms with E-state index in [9.17, 15) is 35.1 Å². The molecule has 13 heteroatoms. The van der Waals surface area contributed by atoms with Gasteiger partial charge in [-0.3, -0.25) is 0 Å². The Bertz CT molecular complexity index is 951. The van der Waals surface area contributed by atoms with Crippen molar-refractivity contribution in [2.75, 3.05) is 0 Å². The van der Waals surface area contributed by atoms with Crippen molar-refractivity contribution in [2.45, 2.75) is 67.0 Å². The number of hydrogen-bond donors (Lipinski definition) is 0. The van der Waals surface area contributed by atoms with E-state index in [4.69, 9.17) is 11.3 Å². The Labute approximate surface area is 204 Å². The van der Waals surface area contributed by atoms with E-state index in [1.807, 2.05) is 0 Å². The summed E-state index contributed by atoms with van der Waals surface area (Å²) in [5.74, 6) is -13.5. The Balaban J connectivity index is 2.49. The first-order valence-corrected chi connectivity index (χ1v) is 14.4. The van der Waals surface area contributed by atoms with Gasteiger partial charge in [-0.15, -0.1) is 0 Å². The summed E-state index contributed by atoms with van der Waals surface area (Å²) < 4.78 is 135. The molecule has 0 unspecified atom stereocenters. The Kier molecular flexibility index (Phi) is 10.0. The number of benzene rings is 2. The van der Waals surface area contributed by atoms with Gasteiger partial charge >= 0.3 is 204 Å². The van der Waals surface area contributed by atoms with Crippen molar-refractivity contribution in [1.82, 2.24) is 0 Å². The molecule has 2 rings (SSSR count). The van der Waals surface area contributed by atoms with Crippen molar-refractivity contribution < 1.29 is 68.4 Å². The first kappa shape index (κ1) is 29.8. The molecule has 0 N–H and O–H groups in total. The van der Waals surface area contributed by atoms with Crippen molar-refractivity contribution in [2.24, 2.45) is 0 Å². The molecule has 0 radical (unpaired) electrons. The molecule has 0 spiro atoms. The van der Waals surface area contributed by atoms with Crippen LogP contribution in [0, 0.1) is 60.4 Å².